The Hall–Kier alpha value is -3.67. The van der Waals surface area contributed by atoms with Gasteiger partial charge in [-0.1, -0.05) is 71.7 Å². The third-order valence-corrected chi connectivity index (χ3v) is 6.67. The van der Waals surface area contributed by atoms with Gasteiger partial charge in [-0.15, -0.1) is 0 Å². The molecule has 210 valence electrons. The molecule has 3 N–H and O–H groups in total. The Kier molecular flexibility index (Phi) is 10.3. The second kappa shape index (κ2) is 14.1. The summed E-state index contributed by atoms with van der Waals surface area (Å²) in [5.41, 5.74) is 4.34. The first kappa shape index (κ1) is 29.3. The van der Waals surface area contributed by atoms with Gasteiger partial charge in [-0.2, -0.15) is 0 Å². The van der Waals surface area contributed by atoms with Crippen LogP contribution in [0, 0.1) is 0 Å². The van der Waals surface area contributed by atoms with E-state index in [1.54, 1.807) is 42.5 Å². The summed E-state index contributed by atoms with van der Waals surface area (Å²) < 4.78 is 16.2. The van der Waals surface area contributed by atoms with E-state index in [0.29, 0.717) is 26.9 Å². The first-order valence-corrected chi connectivity index (χ1v) is 12.9. The number of ether oxygens (including phenoxy) is 3. The molecule has 0 bridgehead atoms. The zero-order valence-corrected chi connectivity index (χ0v) is 22.6. The maximum absolute atomic E-state index is 12.8. The van der Waals surface area contributed by atoms with Crippen molar-refractivity contribution in [3.8, 4) is 5.75 Å². The normalized spacial score (nSPS) is 17.1. The van der Waals surface area contributed by atoms with Gasteiger partial charge in [-0.05, 0) is 35.4 Å². The molecule has 3 aromatic rings. The Morgan fingerprint density at radius 1 is 0.850 bits per heavy atom. The average Bonchev–Trinajstić information content (AvgIpc) is 3.44. The third kappa shape index (κ3) is 7.93. The van der Waals surface area contributed by atoms with Crippen molar-refractivity contribution < 1.29 is 38.5 Å². The third-order valence-electron chi connectivity index (χ3n) is 5.96. The molecule has 0 aliphatic carbocycles. The first-order chi connectivity index (χ1) is 19.3. The number of rotatable bonds is 12. The Balaban J connectivity index is 1.29. The molecule has 4 rings (SSSR count). The van der Waals surface area contributed by atoms with Crippen LogP contribution in [0.1, 0.15) is 16.7 Å². The largest absolute Gasteiger partial charge is 0.489 e. The van der Waals surface area contributed by atoms with Gasteiger partial charge in [0.1, 0.15) is 25.2 Å². The van der Waals surface area contributed by atoms with Crippen molar-refractivity contribution in [3.63, 3.8) is 0 Å². The van der Waals surface area contributed by atoms with Crippen LogP contribution in [-0.2, 0) is 48.3 Å². The number of halogens is 2. The molecule has 1 aliphatic rings. The summed E-state index contributed by atoms with van der Waals surface area (Å²) in [7, 11) is 0. The molecular formula is C28H26Cl2N2O8. The van der Waals surface area contributed by atoms with Gasteiger partial charge < -0.3 is 24.6 Å². The van der Waals surface area contributed by atoms with E-state index < -0.39 is 36.0 Å². The summed E-state index contributed by atoms with van der Waals surface area (Å²) in [5.74, 6) is -2.26. The number of carboxylic acids is 1. The lowest BCUT2D eigenvalue weighted by molar-refractivity contribution is -0.148. The Bertz CT molecular complexity index is 1300. The molecule has 12 heteroatoms. The van der Waals surface area contributed by atoms with Gasteiger partial charge >= 0.3 is 5.97 Å². The summed E-state index contributed by atoms with van der Waals surface area (Å²) in [6, 6.07) is 19.7. The van der Waals surface area contributed by atoms with E-state index in [4.69, 9.17) is 42.3 Å². The monoisotopic (exact) mass is 588 g/mol. The molecule has 2 amide bonds. The van der Waals surface area contributed by atoms with Crippen molar-refractivity contribution in [1.29, 1.82) is 0 Å². The molecule has 1 heterocycles. The Morgan fingerprint density at radius 2 is 1.50 bits per heavy atom. The van der Waals surface area contributed by atoms with E-state index in [-0.39, 0.29) is 26.4 Å². The van der Waals surface area contributed by atoms with Crippen LogP contribution in [0.5, 0.6) is 5.75 Å². The number of hydrogen-bond acceptors (Lipinski definition) is 7. The van der Waals surface area contributed by atoms with Crippen LogP contribution in [-0.4, -0.2) is 47.9 Å². The number of hydrogen-bond donors (Lipinski definition) is 3. The molecular weight excluding hydrogens is 563 g/mol. The fourth-order valence-electron chi connectivity index (χ4n) is 3.85. The van der Waals surface area contributed by atoms with Crippen molar-refractivity contribution in [1.82, 2.24) is 10.8 Å². The molecule has 0 saturated carbocycles. The summed E-state index contributed by atoms with van der Waals surface area (Å²) in [6.45, 7) is -0.0513. The van der Waals surface area contributed by atoms with E-state index in [2.05, 4.69) is 10.8 Å². The Labute approximate surface area is 240 Å². The fraction of sp³-hybridized carbons (Fsp3) is 0.250. The van der Waals surface area contributed by atoms with Crippen LogP contribution in [0.4, 0.5) is 0 Å². The van der Waals surface area contributed by atoms with E-state index in [1.165, 1.54) is 0 Å². The maximum Gasteiger partial charge on any atom is 0.326 e. The van der Waals surface area contributed by atoms with Gasteiger partial charge in [-0.25, -0.2) is 10.3 Å². The van der Waals surface area contributed by atoms with Crippen LogP contribution in [0.3, 0.4) is 0 Å². The molecule has 40 heavy (non-hydrogen) atoms. The predicted molar refractivity (Wildman–Crippen MR) is 144 cm³/mol. The summed E-state index contributed by atoms with van der Waals surface area (Å²) in [4.78, 5) is 42.5. The molecule has 3 atom stereocenters. The van der Waals surface area contributed by atoms with Crippen LogP contribution in [0.15, 0.2) is 72.8 Å². The molecule has 0 radical (unpaired) electrons. The molecule has 0 spiro atoms. The minimum atomic E-state index is -1.35. The number of carboxylic acid groups (broad SMARTS) is 1. The first-order valence-electron chi connectivity index (χ1n) is 12.2. The quantitative estimate of drug-likeness (QED) is 0.273. The van der Waals surface area contributed by atoms with E-state index in [9.17, 15) is 19.5 Å². The average molecular weight is 589 g/mol. The number of hydroxylamine groups is 1. The predicted octanol–water partition coefficient (Wildman–Crippen LogP) is 3.67. The molecule has 1 saturated heterocycles. The molecule has 0 aromatic heterocycles. The number of benzene rings is 3. The Morgan fingerprint density at radius 3 is 2.15 bits per heavy atom. The fourth-order valence-corrected chi connectivity index (χ4v) is 4.35. The van der Waals surface area contributed by atoms with Crippen molar-refractivity contribution >= 4 is 41.0 Å². The second-order valence-corrected chi connectivity index (χ2v) is 9.58. The highest BCUT2D eigenvalue weighted by atomic mass is 35.5. The second-order valence-electron chi connectivity index (χ2n) is 8.77. The summed E-state index contributed by atoms with van der Waals surface area (Å²) in [5, 5.41) is 13.1. The lowest BCUT2D eigenvalue weighted by Crippen LogP contribution is -2.52. The molecule has 3 unspecified atom stereocenters. The van der Waals surface area contributed by atoms with Crippen LogP contribution < -0.4 is 15.5 Å². The van der Waals surface area contributed by atoms with Crippen molar-refractivity contribution in [3.05, 3.63) is 99.5 Å². The van der Waals surface area contributed by atoms with Crippen LogP contribution in [0.25, 0.3) is 0 Å². The van der Waals surface area contributed by atoms with E-state index in [1.807, 2.05) is 30.3 Å². The van der Waals surface area contributed by atoms with Gasteiger partial charge in [-0.3, -0.25) is 14.4 Å². The van der Waals surface area contributed by atoms with Gasteiger partial charge in [0, 0.05) is 22.0 Å². The number of carbonyl (C=O) groups excluding carboxylic acids is 2. The topological polar surface area (TPSA) is 132 Å². The highest BCUT2D eigenvalue weighted by Crippen LogP contribution is 2.26. The highest BCUT2D eigenvalue weighted by Gasteiger charge is 2.42. The highest BCUT2D eigenvalue weighted by molar-refractivity contribution is 6.35. The van der Waals surface area contributed by atoms with Gasteiger partial charge in [0.2, 0.25) is 0 Å². The van der Waals surface area contributed by atoms with Crippen molar-refractivity contribution in [2.24, 2.45) is 0 Å². The summed E-state index contributed by atoms with van der Waals surface area (Å²) in [6.07, 6.45) is -2.69. The van der Waals surface area contributed by atoms with Gasteiger partial charge in [0.15, 0.2) is 12.2 Å². The minimum Gasteiger partial charge on any atom is -0.489 e. The summed E-state index contributed by atoms with van der Waals surface area (Å²) >= 11 is 12.3. The minimum absolute atomic E-state index is 0.0255. The van der Waals surface area contributed by atoms with Crippen LogP contribution >= 0.6 is 23.2 Å². The van der Waals surface area contributed by atoms with Crippen molar-refractivity contribution in [2.45, 2.75) is 37.9 Å². The maximum atomic E-state index is 12.8. The van der Waals surface area contributed by atoms with Crippen LogP contribution in [0.2, 0.25) is 10.0 Å². The van der Waals surface area contributed by atoms with Gasteiger partial charge in [0.05, 0.1) is 6.61 Å². The number of carbonyl (C=O) groups is 3. The number of nitrogens with one attached hydrogen (secondary N) is 2. The molecule has 1 fully saturated rings. The lowest BCUT2D eigenvalue weighted by atomic mass is 10.0. The smallest absolute Gasteiger partial charge is 0.326 e. The van der Waals surface area contributed by atoms with Gasteiger partial charge in [0.25, 0.3) is 11.8 Å². The van der Waals surface area contributed by atoms with E-state index in [0.717, 1.165) is 5.56 Å². The lowest BCUT2D eigenvalue weighted by Gasteiger charge is -2.20. The molecule has 3 aromatic carbocycles. The van der Waals surface area contributed by atoms with Crippen molar-refractivity contribution in [2.75, 3.05) is 6.79 Å². The zero-order valence-electron chi connectivity index (χ0n) is 21.0. The zero-order chi connectivity index (χ0) is 28.5. The number of aliphatic carboxylic acids is 1. The number of amides is 2. The standard InChI is InChI=1S/C28H26Cl2N2O8/c29-21-7-4-8-22(30)20(21)15-37-19-11-9-17(10-12-19)13-23(28(35)36)31-26(33)24-25(39-16-38-24)27(34)32-40-14-18-5-2-1-3-6-18/h1-12,23-25H,13-16H2,(H,31,33)(H,32,34)(H,35,36). The SMILES string of the molecule is O=C(O)C(Cc1ccc(OCc2c(Cl)cccc2Cl)cc1)NC(=O)C1OCOC1C(=O)NOCc1ccccc1. The molecule has 10 nitrogen and oxygen atoms in total. The molecule has 1 aliphatic heterocycles. The van der Waals surface area contributed by atoms with E-state index >= 15 is 0 Å².